The second-order valence-electron chi connectivity index (χ2n) is 4.69. The van der Waals surface area contributed by atoms with E-state index in [4.69, 9.17) is 27.9 Å². The smallest absolute Gasteiger partial charge is 0.248 e. The van der Waals surface area contributed by atoms with E-state index in [9.17, 15) is 4.79 Å². The lowest BCUT2D eigenvalue weighted by Gasteiger charge is -2.26. The minimum Gasteiger partial charge on any atom is -0.375 e. The van der Waals surface area contributed by atoms with Crippen molar-refractivity contribution in [1.82, 2.24) is 14.5 Å². The van der Waals surface area contributed by atoms with Crippen LogP contribution in [0.3, 0.4) is 0 Å². The van der Waals surface area contributed by atoms with Crippen molar-refractivity contribution in [2.24, 2.45) is 0 Å². The van der Waals surface area contributed by atoms with Crippen LogP contribution in [0.1, 0.15) is 11.3 Å². The SMILES string of the molecule is COCC(=O)N1CCc2nn3c(Cl)c(Cl)ccc3c2C1. The van der Waals surface area contributed by atoms with Gasteiger partial charge in [-0.15, -0.1) is 0 Å². The summed E-state index contributed by atoms with van der Waals surface area (Å²) in [5.41, 5.74) is 2.89. The summed E-state index contributed by atoms with van der Waals surface area (Å²) in [6, 6.07) is 3.63. The van der Waals surface area contributed by atoms with E-state index in [1.54, 1.807) is 15.5 Å². The number of ether oxygens (including phenoxy) is 1. The Labute approximate surface area is 126 Å². The molecule has 0 spiro atoms. The van der Waals surface area contributed by atoms with Crippen molar-refractivity contribution in [3.05, 3.63) is 33.6 Å². The average molecular weight is 314 g/mol. The van der Waals surface area contributed by atoms with Crippen LogP contribution < -0.4 is 0 Å². The van der Waals surface area contributed by atoms with Crippen LogP contribution in [-0.2, 0) is 22.5 Å². The molecular formula is C13H13Cl2N3O2. The van der Waals surface area contributed by atoms with Gasteiger partial charge in [0.1, 0.15) is 11.8 Å². The zero-order valence-electron chi connectivity index (χ0n) is 10.9. The number of halogens is 2. The summed E-state index contributed by atoms with van der Waals surface area (Å²) < 4.78 is 6.54. The van der Waals surface area contributed by atoms with Gasteiger partial charge in [0.15, 0.2) is 0 Å². The van der Waals surface area contributed by atoms with E-state index in [1.165, 1.54) is 7.11 Å². The Morgan fingerprint density at radius 3 is 3.00 bits per heavy atom. The number of rotatable bonds is 2. The molecule has 0 saturated heterocycles. The first-order valence-electron chi connectivity index (χ1n) is 6.23. The fourth-order valence-corrected chi connectivity index (χ4v) is 2.80. The van der Waals surface area contributed by atoms with Gasteiger partial charge in [0.2, 0.25) is 5.91 Å². The Kier molecular flexibility index (Phi) is 3.58. The summed E-state index contributed by atoms with van der Waals surface area (Å²) in [5, 5.41) is 5.35. The minimum absolute atomic E-state index is 0.0161. The molecule has 7 heteroatoms. The molecule has 1 aliphatic heterocycles. The molecule has 0 unspecified atom stereocenters. The van der Waals surface area contributed by atoms with Crippen LogP contribution in [0.15, 0.2) is 12.1 Å². The Balaban J connectivity index is 2.01. The Morgan fingerprint density at radius 2 is 2.25 bits per heavy atom. The molecule has 3 heterocycles. The molecule has 2 aromatic heterocycles. The summed E-state index contributed by atoms with van der Waals surface area (Å²) in [7, 11) is 1.52. The minimum atomic E-state index is -0.0161. The molecule has 0 fully saturated rings. The van der Waals surface area contributed by atoms with Crippen LogP contribution in [-0.4, -0.2) is 40.7 Å². The lowest BCUT2D eigenvalue weighted by atomic mass is 10.1. The topological polar surface area (TPSA) is 46.8 Å². The molecule has 0 aliphatic carbocycles. The monoisotopic (exact) mass is 313 g/mol. The molecule has 0 atom stereocenters. The lowest BCUT2D eigenvalue weighted by molar-refractivity contribution is -0.136. The van der Waals surface area contributed by atoms with E-state index in [0.29, 0.717) is 29.7 Å². The van der Waals surface area contributed by atoms with Crippen LogP contribution in [0.2, 0.25) is 10.2 Å². The van der Waals surface area contributed by atoms with Crippen molar-refractivity contribution in [1.29, 1.82) is 0 Å². The first-order chi connectivity index (χ1) is 9.61. The van der Waals surface area contributed by atoms with Gasteiger partial charge in [-0.05, 0) is 12.1 Å². The van der Waals surface area contributed by atoms with Crippen molar-refractivity contribution in [3.63, 3.8) is 0 Å². The summed E-state index contributed by atoms with van der Waals surface area (Å²) >= 11 is 12.2. The molecule has 2 aromatic rings. The van der Waals surface area contributed by atoms with Crippen LogP contribution in [0, 0.1) is 0 Å². The molecule has 3 rings (SSSR count). The zero-order chi connectivity index (χ0) is 14.3. The van der Waals surface area contributed by atoms with Gasteiger partial charge in [-0.25, -0.2) is 4.52 Å². The third-order valence-corrected chi connectivity index (χ3v) is 4.23. The number of aromatic nitrogens is 2. The molecule has 0 N–H and O–H groups in total. The number of fused-ring (bicyclic) bond motifs is 3. The quantitative estimate of drug-likeness (QED) is 0.798. The highest BCUT2D eigenvalue weighted by Crippen LogP contribution is 2.29. The van der Waals surface area contributed by atoms with Gasteiger partial charge in [-0.2, -0.15) is 5.10 Å². The number of nitrogens with zero attached hydrogens (tertiary/aromatic N) is 3. The molecule has 0 radical (unpaired) electrons. The van der Waals surface area contributed by atoms with E-state index in [0.717, 1.165) is 16.8 Å². The van der Waals surface area contributed by atoms with Crippen LogP contribution in [0.4, 0.5) is 0 Å². The molecular weight excluding hydrogens is 301 g/mol. The number of carbonyl (C=O) groups is 1. The van der Waals surface area contributed by atoms with E-state index in [2.05, 4.69) is 5.10 Å². The number of hydrogen-bond acceptors (Lipinski definition) is 3. The Bertz CT molecular complexity index is 684. The van der Waals surface area contributed by atoms with Gasteiger partial charge in [-0.1, -0.05) is 23.2 Å². The maximum absolute atomic E-state index is 11.9. The van der Waals surface area contributed by atoms with Gasteiger partial charge in [0.25, 0.3) is 0 Å². The Hall–Kier alpha value is -1.30. The molecule has 5 nitrogen and oxygen atoms in total. The largest absolute Gasteiger partial charge is 0.375 e. The third kappa shape index (κ3) is 2.16. The maximum Gasteiger partial charge on any atom is 0.248 e. The highest BCUT2D eigenvalue weighted by Gasteiger charge is 2.25. The summed E-state index contributed by atoms with van der Waals surface area (Å²) in [6.45, 7) is 1.27. The second-order valence-corrected chi connectivity index (χ2v) is 5.46. The van der Waals surface area contributed by atoms with Crippen molar-refractivity contribution in [2.75, 3.05) is 20.3 Å². The number of amides is 1. The number of carbonyl (C=O) groups excluding carboxylic acids is 1. The summed E-state index contributed by atoms with van der Waals surface area (Å²) in [5.74, 6) is -0.0161. The van der Waals surface area contributed by atoms with Gasteiger partial charge < -0.3 is 9.64 Å². The maximum atomic E-state index is 11.9. The first kappa shape index (κ1) is 13.7. The number of pyridine rings is 1. The highest BCUT2D eigenvalue weighted by atomic mass is 35.5. The van der Waals surface area contributed by atoms with E-state index in [-0.39, 0.29) is 12.5 Å². The first-order valence-corrected chi connectivity index (χ1v) is 6.98. The predicted octanol–water partition coefficient (Wildman–Crippen LogP) is 2.17. The van der Waals surface area contributed by atoms with Gasteiger partial charge >= 0.3 is 0 Å². The molecule has 1 amide bonds. The summed E-state index contributed by atoms with van der Waals surface area (Å²) in [6.07, 6.45) is 0.709. The standard InChI is InChI=1S/C13H13Cl2N3O2/c1-20-7-12(19)17-5-4-10-8(6-17)11-3-2-9(14)13(15)18(11)16-10/h2-3H,4-7H2,1H3. The molecule has 0 aromatic carbocycles. The van der Waals surface area contributed by atoms with Gasteiger partial charge in [0, 0.05) is 32.2 Å². The predicted molar refractivity (Wildman–Crippen MR) is 76.2 cm³/mol. The Morgan fingerprint density at radius 1 is 1.45 bits per heavy atom. The lowest BCUT2D eigenvalue weighted by Crippen LogP contribution is -2.37. The third-order valence-electron chi connectivity index (χ3n) is 3.47. The van der Waals surface area contributed by atoms with Gasteiger partial charge in [-0.3, -0.25) is 4.79 Å². The fraction of sp³-hybridized carbons (Fsp3) is 0.385. The van der Waals surface area contributed by atoms with Crippen LogP contribution in [0.5, 0.6) is 0 Å². The van der Waals surface area contributed by atoms with E-state index >= 15 is 0 Å². The van der Waals surface area contributed by atoms with E-state index in [1.807, 2.05) is 6.07 Å². The number of hydrogen-bond donors (Lipinski definition) is 0. The summed E-state index contributed by atoms with van der Waals surface area (Å²) in [4.78, 5) is 13.7. The van der Waals surface area contributed by atoms with Crippen molar-refractivity contribution in [3.8, 4) is 0 Å². The van der Waals surface area contributed by atoms with E-state index < -0.39 is 0 Å². The van der Waals surface area contributed by atoms with Gasteiger partial charge in [0.05, 0.1) is 16.2 Å². The second kappa shape index (κ2) is 5.24. The molecule has 0 saturated carbocycles. The molecule has 0 bridgehead atoms. The van der Waals surface area contributed by atoms with Crippen molar-refractivity contribution < 1.29 is 9.53 Å². The number of methoxy groups -OCH3 is 1. The van der Waals surface area contributed by atoms with Crippen molar-refractivity contribution >= 4 is 34.6 Å². The average Bonchev–Trinajstić information content (AvgIpc) is 2.81. The fourth-order valence-electron chi connectivity index (χ4n) is 2.47. The molecule has 20 heavy (non-hydrogen) atoms. The van der Waals surface area contributed by atoms with Crippen LogP contribution >= 0.6 is 23.2 Å². The zero-order valence-corrected chi connectivity index (χ0v) is 12.4. The van der Waals surface area contributed by atoms with Crippen molar-refractivity contribution in [2.45, 2.75) is 13.0 Å². The highest BCUT2D eigenvalue weighted by molar-refractivity contribution is 6.41. The molecule has 1 aliphatic rings. The normalized spacial score (nSPS) is 14.7. The van der Waals surface area contributed by atoms with Crippen LogP contribution in [0.25, 0.3) is 5.52 Å². The molecule has 106 valence electrons.